The zero-order valence-electron chi connectivity index (χ0n) is 10.7. The quantitative estimate of drug-likeness (QED) is 0.882. The van der Waals surface area contributed by atoms with Gasteiger partial charge in [-0.05, 0) is 19.4 Å². The van der Waals surface area contributed by atoms with Crippen LogP contribution in [0.3, 0.4) is 0 Å². The molecule has 7 nitrogen and oxygen atoms in total. The number of nitrogens with one attached hydrogen (secondary N) is 1. The fraction of sp³-hybridized carbons (Fsp3) is 0.500. The van der Waals surface area contributed by atoms with Crippen LogP contribution in [0.1, 0.15) is 24.7 Å². The maximum Gasteiger partial charge on any atom is 0.231 e. The lowest BCUT2D eigenvalue weighted by Crippen LogP contribution is -2.28. The van der Waals surface area contributed by atoms with Crippen molar-refractivity contribution in [2.45, 2.75) is 18.8 Å². The molecule has 7 heteroatoms. The van der Waals surface area contributed by atoms with Crippen LogP contribution in [-0.2, 0) is 0 Å². The largest absolute Gasteiger partial charge is 0.481 e. The summed E-state index contributed by atoms with van der Waals surface area (Å²) in [5.74, 6) is 1.91. The van der Waals surface area contributed by atoms with Crippen LogP contribution in [-0.4, -0.2) is 40.3 Å². The minimum Gasteiger partial charge on any atom is -0.481 e. The van der Waals surface area contributed by atoms with Crippen LogP contribution in [0.5, 0.6) is 5.88 Å². The van der Waals surface area contributed by atoms with E-state index < -0.39 is 0 Å². The average molecular weight is 261 g/mol. The average Bonchev–Trinajstić information content (AvgIpc) is 2.98. The first-order valence-corrected chi connectivity index (χ1v) is 6.27. The smallest absolute Gasteiger partial charge is 0.231 e. The van der Waals surface area contributed by atoms with Crippen molar-refractivity contribution in [1.29, 1.82) is 0 Å². The van der Waals surface area contributed by atoms with E-state index in [9.17, 15) is 0 Å². The number of hydrogen-bond donors (Lipinski definition) is 1. The third-order valence-corrected chi connectivity index (χ3v) is 3.17. The van der Waals surface area contributed by atoms with E-state index >= 15 is 0 Å². The number of nitrogens with zero attached hydrogens (tertiary/aromatic N) is 4. The van der Waals surface area contributed by atoms with E-state index in [1.165, 1.54) is 6.33 Å². The van der Waals surface area contributed by atoms with E-state index in [1.54, 1.807) is 13.2 Å². The van der Waals surface area contributed by atoms with Gasteiger partial charge in [-0.1, -0.05) is 5.16 Å². The Labute approximate surface area is 110 Å². The molecular weight excluding hydrogens is 246 g/mol. The SMILES string of the molecule is COc1cc(-c2noc([C@@H]3CCCNC3)n2)ncn1. The first-order chi connectivity index (χ1) is 9.36. The van der Waals surface area contributed by atoms with Crippen molar-refractivity contribution in [1.82, 2.24) is 25.4 Å². The van der Waals surface area contributed by atoms with Crippen molar-refractivity contribution >= 4 is 0 Å². The highest BCUT2D eigenvalue weighted by Gasteiger charge is 2.22. The Kier molecular flexibility index (Phi) is 3.37. The second kappa shape index (κ2) is 5.31. The van der Waals surface area contributed by atoms with E-state index in [4.69, 9.17) is 9.26 Å². The topological polar surface area (TPSA) is 86.0 Å². The molecule has 100 valence electrons. The van der Waals surface area contributed by atoms with Gasteiger partial charge >= 0.3 is 0 Å². The van der Waals surface area contributed by atoms with Crippen LogP contribution >= 0.6 is 0 Å². The van der Waals surface area contributed by atoms with Gasteiger partial charge in [-0.15, -0.1) is 0 Å². The number of rotatable bonds is 3. The van der Waals surface area contributed by atoms with Crippen molar-refractivity contribution in [2.75, 3.05) is 20.2 Å². The number of ether oxygens (including phenoxy) is 1. The van der Waals surface area contributed by atoms with Crippen LogP contribution in [0.2, 0.25) is 0 Å². The Morgan fingerprint density at radius 3 is 3.16 bits per heavy atom. The fourth-order valence-electron chi connectivity index (χ4n) is 2.14. The van der Waals surface area contributed by atoms with Gasteiger partial charge in [-0.3, -0.25) is 0 Å². The van der Waals surface area contributed by atoms with Gasteiger partial charge in [0.15, 0.2) is 0 Å². The molecule has 19 heavy (non-hydrogen) atoms. The van der Waals surface area contributed by atoms with Crippen molar-refractivity contribution in [3.8, 4) is 17.4 Å². The second-order valence-electron chi connectivity index (χ2n) is 4.45. The molecule has 0 saturated carbocycles. The van der Waals surface area contributed by atoms with Gasteiger partial charge < -0.3 is 14.6 Å². The third kappa shape index (κ3) is 2.55. The van der Waals surface area contributed by atoms with Gasteiger partial charge in [0.05, 0.1) is 13.0 Å². The van der Waals surface area contributed by atoms with E-state index in [-0.39, 0.29) is 0 Å². The zero-order valence-corrected chi connectivity index (χ0v) is 10.7. The van der Waals surface area contributed by atoms with E-state index in [1.807, 2.05) is 0 Å². The molecule has 0 spiro atoms. The third-order valence-electron chi connectivity index (χ3n) is 3.17. The molecule has 0 aliphatic carbocycles. The molecule has 0 amide bonds. The molecule has 2 aromatic rings. The number of piperidine rings is 1. The van der Waals surface area contributed by atoms with Crippen molar-refractivity contribution < 1.29 is 9.26 Å². The zero-order chi connectivity index (χ0) is 13.1. The molecule has 0 aromatic carbocycles. The molecule has 1 saturated heterocycles. The number of hydrogen-bond acceptors (Lipinski definition) is 7. The summed E-state index contributed by atoms with van der Waals surface area (Å²) in [4.78, 5) is 12.5. The van der Waals surface area contributed by atoms with Crippen molar-refractivity contribution in [3.05, 3.63) is 18.3 Å². The summed E-state index contributed by atoms with van der Waals surface area (Å²) in [5.41, 5.74) is 0.602. The molecule has 1 aliphatic rings. The molecule has 1 aliphatic heterocycles. The highest BCUT2D eigenvalue weighted by molar-refractivity contribution is 5.49. The Hall–Kier alpha value is -2.02. The van der Waals surface area contributed by atoms with Gasteiger partial charge in [-0.2, -0.15) is 4.98 Å². The lowest BCUT2D eigenvalue weighted by atomic mass is 10.00. The molecule has 0 bridgehead atoms. The lowest BCUT2D eigenvalue weighted by Gasteiger charge is -2.18. The molecule has 0 unspecified atom stereocenters. The van der Waals surface area contributed by atoms with Crippen molar-refractivity contribution in [2.24, 2.45) is 0 Å². The van der Waals surface area contributed by atoms with Gasteiger partial charge in [0.25, 0.3) is 0 Å². The highest BCUT2D eigenvalue weighted by atomic mass is 16.5. The summed E-state index contributed by atoms with van der Waals surface area (Å²) in [6.07, 6.45) is 3.62. The predicted molar refractivity (Wildman–Crippen MR) is 66.7 cm³/mol. The van der Waals surface area contributed by atoms with E-state index in [0.29, 0.717) is 29.2 Å². The minimum atomic E-state index is 0.290. The van der Waals surface area contributed by atoms with Gasteiger partial charge in [0.1, 0.15) is 12.0 Å². The summed E-state index contributed by atoms with van der Waals surface area (Å²) in [6, 6.07) is 1.69. The molecule has 0 radical (unpaired) electrons. The second-order valence-corrected chi connectivity index (χ2v) is 4.45. The first-order valence-electron chi connectivity index (χ1n) is 6.27. The van der Waals surface area contributed by atoms with Gasteiger partial charge in [0.2, 0.25) is 17.6 Å². The molecule has 1 N–H and O–H groups in total. The Bertz CT molecular complexity index is 551. The van der Waals surface area contributed by atoms with Crippen LogP contribution in [0.4, 0.5) is 0 Å². The number of methoxy groups -OCH3 is 1. The predicted octanol–water partition coefficient (Wildman–Crippen LogP) is 1.00. The summed E-state index contributed by atoms with van der Waals surface area (Å²) < 4.78 is 10.4. The maximum absolute atomic E-state index is 5.33. The van der Waals surface area contributed by atoms with Crippen molar-refractivity contribution in [3.63, 3.8) is 0 Å². The molecular formula is C12H15N5O2. The first kappa shape index (κ1) is 12.0. The highest BCUT2D eigenvalue weighted by Crippen LogP contribution is 2.24. The maximum atomic E-state index is 5.33. The molecule has 1 fully saturated rings. The molecule has 3 rings (SSSR count). The van der Waals surface area contributed by atoms with Crippen LogP contribution < -0.4 is 10.1 Å². The monoisotopic (exact) mass is 261 g/mol. The van der Waals surface area contributed by atoms with Crippen LogP contribution in [0.15, 0.2) is 16.9 Å². The Morgan fingerprint density at radius 1 is 1.42 bits per heavy atom. The van der Waals surface area contributed by atoms with E-state index in [2.05, 4.69) is 25.4 Å². The van der Waals surface area contributed by atoms with Crippen LogP contribution in [0.25, 0.3) is 11.5 Å². The lowest BCUT2D eigenvalue weighted by molar-refractivity contribution is 0.322. The molecule has 2 aromatic heterocycles. The normalized spacial score (nSPS) is 19.3. The standard InChI is InChI=1S/C12H15N5O2/c1-18-10-5-9(14-7-15-10)11-16-12(19-17-11)8-3-2-4-13-6-8/h5,7-8,13H,2-4,6H2,1H3/t8-/m1/s1. The fourth-order valence-corrected chi connectivity index (χ4v) is 2.14. The van der Waals surface area contributed by atoms with Crippen LogP contribution in [0, 0.1) is 0 Å². The summed E-state index contributed by atoms with van der Waals surface area (Å²) in [7, 11) is 1.56. The van der Waals surface area contributed by atoms with E-state index in [0.717, 1.165) is 25.9 Å². The van der Waals surface area contributed by atoms with Gasteiger partial charge in [0, 0.05) is 12.6 Å². The summed E-state index contributed by atoms with van der Waals surface area (Å²) in [6.45, 7) is 1.94. The Balaban J connectivity index is 1.83. The van der Waals surface area contributed by atoms with Gasteiger partial charge in [-0.25, -0.2) is 9.97 Å². The summed E-state index contributed by atoms with van der Waals surface area (Å²) >= 11 is 0. The minimum absolute atomic E-state index is 0.290. The molecule has 1 atom stereocenters. The summed E-state index contributed by atoms with van der Waals surface area (Å²) in [5, 5.41) is 7.30. The Morgan fingerprint density at radius 2 is 2.37 bits per heavy atom. The number of aromatic nitrogens is 4. The molecule has 3 heterocycles.